The molecule has 3 rings (SSSR count). The monoisotopic (exact) mass is 305 g/mol. The van der Waals surface area contributed by atoms with Crippen molar-refractivity contribution in [3.8, 4) is 0 Å². The summed E-state index contributed by atoms with van der Waals surface area (Å²) in [5.74, 6) is 1.68. The minimum Gasteiger partial charge on any atom is -0.379 e. The smallest absolute Gasteiger partial charge is 0.131 e. The van der Waals surface area contributed by atoms with Crippen LogP contribution in [0.1, 0.15) is 18.5 Å². The fraction of sp³-hybridized carbons (Fsp3) is 0.500. The lowest BCUT2D eigenvalue weighted by Gasteiger charge is -2.23. The predicted molar refractivity (Wildman–Crippen MR) is 83.8 cm³/mol. The second kappa shape index (κ2) is 7.33. The third-order valence-corrected chi connectivity index (χ3v) is 3.99. The van der Waals surface area contributed by atoms with Crippen LogP contribution in [-0.4, -0.2) is 40.8 Å². The Morgan fingerprint density at radius 2 is 2.24 bits per heavy atom. The van der Waals surface area contributed by atoms with E-state index in [4.69, 9.17) is 4.74 Å². The molecule has 2 aromatic heterocycles. The highest BCUT2D eigenvalue weighted by atomic mass is 32.1. The zero-order valence-corrected chi connectivity index (χ0v) is 12.6. The number of aromatic nitrogens is 3. The molecule has 0 bridgehead atoms. The lowest BCUT2D eigenvalue weighted by Crippen LogP contribution is -2.30. The van der Waals surface area contributed by atoms with Gasteiger partial charge in [-0.25, -0.2) is 15.0 Å². The molecular weight excluding hydrogens is 286 g/mol. The molecule has 1 fully saturated rings. The average molecular weight is 305 g/mol. The van der Waals surface area contributed by atoms with E-state index in [0.717, 1.165) is 56.4 Å². The Morgan fingerprint density at radius 1 is 1.29 bits per heavy atom. The first-order valence-electron chi connectivity index (χ1n) is 7.17. The van der Waals surface area contributed by atoms with E-state index in [1.54, 1.807) is 17.7 Å². The van der Waals surface area contributed by atoms with Crippen molar-refractivity contribution in [3.05, 3.63) is 29.0 Å². The SMILES string of the molecule is c1nc(NCCc2cscn2)cc(N[C@H]2CCCOC2)n1. The Hall–Kier alpha value is -1.73. The van der Waals surface area contributed by atoms with Crippen LogP contribution in [0, 0.1) is 0 Å². The summed E-state index contributed by atoms with van der Waals surface area (Å²) in [6.07, 6.45) is 4.70. The van der Waals surface area contributed by atoms with Gasteiger partial charge in [-0.3, -0.25) is 0 Å². The molecule has 1 atom stereocenters. The van der Waals surface area contributed by atoms with E-state index in [1.165, 1.54) is 0 Å². The van der Waals surface area contributed by atoms with Crippen molar-refractivity contribution in [1.82, 2.24) is 15.0 Å². The standard InChI is InChI=1S/C14H19N5OS/c1-2-11(7-20-5-1)19-14-6-13(16-9-17-14)15-4-3-12-8-21-10-18-12/h6,8-11H,1-5,7H2,(H2,15,16,17,19)/t11-/m0/s1. The fourth-order valence-corrected chi connectivity index (χ4v) is 2.87. The Balaban J connectivity index is 1.50. The first kappa shape index (κ1) is 14.2. The molecule has 3 heterocycles. The van der Waals surface area contributed by atoms with Crippen LogP contribution in [0.5, 0.6) is 0 Å². The summed E-state index contributed by atoms with van der Waals surface area (Å²) < 4.78 is 5.46. The van der Waals surface area contributed by atoms with Crippen LogP contribution < -0.4 is 10.6 Å². The normalized spacial score (nSPS) is 18.4. The first-order valence-corrected chi connectivity index (χ1v) is 8.12. The van der Waals surface area contributed by atoms with Gasteiger partial charge in [-0.15, -0.1) is 11.3 Å². The van der Waals surface area contributed by atoms with Crippen LogP contribution in [0.25, 0.3) is 0 Å². The van der Waals surface area contributed by atoms with Gasteiger partial charge in [0.15, 0.2) is 0 Å². The molecule has 2 N–H and O–H groups in total. The maximum absolute atomic E-state index is 5.46. The van der Waals surface area contributed by atoms with Crippen LogP contribution in [0.3, 0.4) is 0 Å². The molecule has 2 aromatic rings. The molecule has 7 heteroatoms. The third-order valence-electron chi connectivity index (χ3n) is 3.35. The summed E-state index contributed by atoms with van der Waals surface area (Å²) in [5, 5.41) is 8.77. The largest absolute Gasteiger partial charge is 0.379 e. The molecule has 112 valence electrons. The molecule has 0 aliphatic carbocycles. The maximum atomic E-state index is 5.46. The molecule has 0 spiro atoms. The molecule has 1 aliphatic heterocycles. The van der Waals surface area contributed by atoms with E-state index >= 15 is 0 Å². The van der Waals surface area contributed by atoms with Gasteiger partial charge in [0.1, 0.15) is 18.0 Å². The van der Waals surface area contributed by atoms with Gasteiger partial charge >= 0.3 is 0 Å². The lowest BCUT2D eigenvalue weighted by atomic mass is 10.1. The van der Waals surface area contributed by atoms with Gasteiger partial charge in [-0.2, -0.15) is 0 Å². The molecule has 0 aromatic carbocycles. The van der Waals surface area contributed by atoms with Crippen LogP contribution in [0.15, 0.2) is 23.3 Å². The quantitative estimate of drug-likeness (QED) is 0.852. The number of rotatable bonds is 6. The van der Waals surface area contributed by atoms with Crippen molar-refractivity contribution in [2.45, 2.75) is 25.3 Å². The van der Waals surface area contributed by atoms with E-state index in [9.17, 15) is 0 Å². The summed E-state index contributed by atoms with van der Waals surface area (Å²) in [7, 11) is 0. The summed E-state index contributed by atoms with van der Waals surface area (Å²) in [6.45, 7) is 2.43. The third kappa shape index (κ3) is 4.37. The van der Waals surface area contributed by atoms with E-state index in [-0.39, 0.29) is 0 Å². The van der Waals surface area contributed by atoms with Gasteiger partial charge in [0.25, 0.3) is 0 Å². The average Bonchev–Trinajstić information content (AvgIpc) is 3.02. The van der Waals surface area contributed by atoms with Gasteiger partial charge in [-0.05, 0) is 12.8 Å². The highest BCUT2D eigenvalue weighted by molar-refractivity contribution is 7.07. The molecular formula is C14H19N5OS. The summed E-state index contributed by atoms with van der Waals surface area (Å²) in [4.78, 5) is 12.8. The van der Waals surface area contributed by atoms with Gasteiger partial charge in [-0.1, -0.05) is 0 Å². The van der Waals surface area contributed by atoms with E-state index < -0.39 is 0 Å². The molecule has 0 radical (unpaired) electrons. The van der Waals surface area contributed by atoms with Gasteiger partial charge in [0.2, 0.25) is 0 Å². The zero-order chi connectivity index (χ0) is 14.3. The number of nitrogens with zero attached hydrogens (tertiary/aromatic N) is 3. The van der Waals surface area contributed by atoms with Crippen LogP contribution >= 0.6 is 11.3 Å². The minimum absolute atomic E-state index is 0.344. The van der Waals surface area contributed by atoms with Gasteiger partial charge in [0.05, 0.1) is 23.9 Å². The maximum Gasteiger partial charge on any atom is 0.131 e. The molecule has 1 aliphatic rings. The number of hydrogen-bond acceptors (Lipinski definition) is 7. The summed E-state index contributed by atoms with van der Waals surface area (Å²) >= 11 is 1.62. The molecule has 0 unspecified atom stereocenters. The Labute approximate surface area is 128 Å². The first-order chi connectivity index (χ1) is 10.4. The lowest BCUT2D eigenvalue weighted by molar-refractivity contribution is 0.0875. The Morgan fingerprint density at radius 3 is 3.05 bits per heavy atom. The van der Waals surface area contributed by atoms with Crippen molar-refractivity contribution in [3.63, 3.8) is 0 Å². The molecule has 21 heavy (non-hydrogen) atoms. The number of hydrogen-bond donors (Lipinski definition) is 2. The minimum atomic E-state index is 0.344. The van der Waals surface area contributed by atoms with Crippen molar-refractivity contribution in [2.24, 2.45) is 0 Å². The van der Waals surface area contributed by atoms with Crippen molar-refractivity contribution in [1.29, 1.82) is 0 Å². The molecule has 0 amide bonds. The molecule has 6 nitrogen and oxygen atoms in total. The molecule has 0 saturated carbocycles. The van der Waals surface area contributed by atoms with E-state index in [1.807, 2.05) is 11.6 Å². The van der Waals surface area contributed by atoms with Crippen molar-refractivity contribution < 1.29 is 4.74 Å². The zero-order valence-electron chi connectivity index (χ0n) is 11.8. The number of nitrogens with one attached hydrogen (secondary N) is 2. The van der Waals surface area contributed by atoms with Gasteiger partial charge < -0.3 is 15.4 Å². The van der Waals surface area contributed by atoms with Crippen molar-refractivity contribution in [2.75, 3.05) is 30.4 Å². The predicted octanol–water partition coefficient (Wildman–Crippen LogP) is 2.18. The fourth-order valence-electron chi connectivity index (χ4n) is 2.28. The second-order valence-electron chi connectivity index (χ2n) is 5.00. The van der Waals surface area contributed by atoms with Crippen LogP contribution in [0.2, 0.25) is 0 Å². The number of anilines is 2. The summed E-state index contributed by atoms with van der Waals surface area (Å²) in [5.41, 5.74) is 2.97. The second-order valence-corrected chi connectivity index (χ2v) is 5.72. The van der Waals surface area contributed by atoms with Crippen molar-refractivity contribution >= 4 is 23.0 Å². The molecule has 1 saturated heterocycles. The Bertz CT molecular complexity index is 542. The number of thiazole rings is 1. The topological polar surface area (TPSA) is 72.0 Å². The number of ether oxygens (including phenoxy) is 1. The Kier molecular flexibility index (Phi) is 4.96. The highest BCUT2D eigenvalue weighted by Gasteiger charge is 2.14. The highest BCUT2D eigenvalue weighted by Crippen LogP contribution is 2.14. The summed E-state index contributed by atoms with van der Waals surface area (Å²) in [6, 6.07) is 2.28. The van der Waals surface area contributed by atoms with E-state index in [0.29, 0.717) is 6.04 Å². The van der Waals surface area contributed by atoms with Crippen LogP contribution in [0.4, 0.5) is 11.6 Å². The van der Waals surface area contributed by atoms with Gasteiger partial charge in [0, 0.05) is 31.0 Å². The van der Waals surface area contributed by atoms with E-state index in [2.05, 4.69) is 31.0 Å². The van der Waals surface area contributed by atoms with Crippen LogP contribution in [-0.2, 0) is 11.2 Å².